The van der Waals surface area contributed by atoms with Gasteiger partial charge in [-0.25, -0.2) is 0 Å². The summed E-state index contributed by atoms with van der Waals surface area (Å²) >= 11 is 0. The molecule has 144 valence electrons. The van der Waals surface area contributed by atoms with Crippen molar-refractivity contribution in [3.63, 3.8) is 0 Å². The number of nitrogens with zero attached hydrogens (tertiary/aromatic N) is 2. The summed E-state index contributed by atoms with van der Waals surface area (Å²) in [5, 5.41) is 8.16. The molecule has 0 spiro atoms. The van der Waals surface area contributed by atoms with Crippen molar-refractivity contribution in [3.05, 3.63) is 47.5 Å². The van der Waals surface area contributed by atoms with E-state index in [4.69, 9.17) is 20.9 Å². The van der Waals surface area contributed by atoms with Crippen LogP contribution in [0.2, 0.25) is 0 Å². The van der Waals surface area contributed by atoms with Gasteiger partial charge in [0.1, 0.15) is 17.2 Å². The van der Waals surface area contributed by atoms with Gasteiger partial charge >= 0.3 is 0 Å². The highest BCUT2D eigenvalue weighted by Crippen LogP contribution is 2.40. The lowest BCUT2D eigenvalue weighted by Crippen LogP contribution is -2.22. The molecule has 0 saturated heterocycles. The van der Waals surface area contributed by atoms with E-state index >= 15 is 0 Å². The number of benzene rings is 2. The van der Waals surface area contributed by atoms with Crippen LogP contribution in [0.3, 0.4) is 0 Å². The predicted octanol–water partition coefficient (Wildman–Crippen LogP) is 3.69. The summed E-state index contributed by atoms with van der Waals surface area (Å²) in [6, 6.07) is 12.0. The van der Waals surface area contributed by atoms with Crippen LogP contribution < -0.4 is 20.9 Å². The Balaban J connectivity index is 0.00000261. The number of hydrogen-bond acceptors (Lipinski definition) is 4. The second kappa shape index (κ2) is 9.28. The topological polar surface area (TPSA) is 95.2 Å². The number of guanidine groups is 1. The Bertz CT molecular complexity index is 802. The molecule has 0 bridgehead atoms. The van der Waals surface area contributed by atoms with Crippen LogP contribution in [0, 0.1) is 0 Å². The number of hydrogen-bond donors (Lipinski definition) is 2. The Morgan fingerprint density at radius 3 is 1.70 bits per heavy atom. The molecular formula is C20H25ClN4O2. The zero-order valence-corrected chi connectivity index (χ0v) is 16.4. The van der Waals surface area contributed by atoms with Crippen molar-refractivity contribution in [1.29, 1.82) is 0 Å². The quantitative estimate of drug-likeness (QED) is 0.366. The predicted molar refractivity (Wildman–Crippen MR) is 112 cm³/mol. The minimum atomic E-state index is -0.0794. The van der Waals surface area contributed by atoms with Crippen molar-refractivity contribution >= 4 is 24.1 Å². The van der Waals surface area contributed by atoms with E-state index in [1.165, 1.54) is 0 Å². The van der Waals surface area contributed by atoms with E-state index in [0.717, 1.165) is 46.6 Å². The molecule has 4 N–H and O–H groups in total. The van der Waals surface area contributed by atoms with Crippen molar-refractivity contribution < 1.29 is 9.47 Å². The van der Waals surface area contributed by atoms with Gasteiger partial charge in [-0.1, -0.05) is 13.8 Å². The molecule has 0 saturated carbocycles. The lowest BCUT2D eigenvalue weighted by Gasteiger charge is -2.07. The van der Waals surface area contributed by atoms with E-state index in [0.29, 0.717) is 18.9 Å². The summed E-state index contributed by atoms with van der Waals surface area (Å²) in [5.41, 5.74) is 15.7. The van der Waals surface area contributed by atoms with Crippen LogP contribution >= 0.6 is 12.4 Å². The summed E-state index contributed by atoms with van der Waals surface area (Å²) < 4.78 is 11.5. The Labute approximate surface area is 165 Å². The normalized spacial score (nSPS) is 11.1. The lowest BCUT2D eigenvalue weighted by atomic mass is 10.1. The fourth-order valence-electron chi connectivity index (χ4n) is 2.89. The van der Waals surface area contributed by atoms with Crippen LogP contribution in [0.5, 0.6) is 11.5 Å². The van der Waals surface area contributed by atoms with E-state index in [-0.39, 0.29) is 18.4 Å². The van der Waals surface area contributed by atoms with Crippen molar-refractivity contribution in [2.45, 2.75) is 26.7 Å². The number of ether oxygens (including phenoxy) is 2. The maximum Gasteiger partial charge on any atom is 0.211 e. The average Bonchev–Trinajstić information content (AvgIpc) is 2.95. The van der Waals surface area contributed by atoms with Crippen molar-refractivity contribution in [1.82, 2.24) is 0 Å². The van der Waals surface area contributed by atoms with E-state index in [9.17, 15) is 0 Å². The molecule has 0 aliphatic heterocycles. The van der Waals surface area contributed by atoms with E-state index in [1.807, 2.05) is 36.4 Å². The highest BCUT2D eigenvalue weighted by atomic mass is 35.5. The van der Waals surface area contributed by atoms with Gasteiger partial charge in [-0.15, -0.1) is 22.6 Å². The van der Waals surface area contributed by atoms with Crippen LogP contribution in [0.1, 0.15) is 37.8 Å². The van der Waals surface area contributed by atoms with Gasteiger partial charge in [0.25, 0.3) is 0 Å². The van der Waals surface area contributed by atoms with Crippen LogP contribution in [-0.2, 0) is 0 Å². The largest absolute Gasteiger partial charge is 0.494 e. The van der Waals surface area contributed by atoms with E-state index < -0.39 is 0 Å². The zero-order valence-electron chi connectivity index (χ0n) is 15.6. The van der Waals surface area contributed by atoms with Crippen molar-refractivity contribution in [3.8, 4) is 22.6 Å². The third-order valence-electron chi connectivity index (χ3n) is 3.99. The van der Waals surface area contributed by atoms with Crippen LogP contribution in [0.15, 0.2) is 46.6 Å². The Kier molecular flexibility index (Phi) is 7.07. The molecule has 7 heteroatoms. The lowest BCUT2D eigenvalue weighted by molar-refractivity contribution is 0.317. The molecule has 0 atom stereocenters. The molecule has 0 heterocycles. The summed E-state index contributed by atoms with van der Waals surface area (Å²) in [6.07, 6.45) is 1.90. The maximum atomic E-state index is 5.77. The second-order valence-corrected chi connectivity index (χ2v) is 6.09. The fourth-order valence-corrected chi connectivity index (χ4v) is 2.89. The first-order valence-electron chi connectivity index (χ1n) is 8.85. The van der Waals surface area contributed by atoms with Crippen molar-refractivity contribution in [2.75, 3.05) is 13.2 Å². The first-order valence-corrected chi connectivity index (χ1v) is 8.85. The molecule has 0 radical (unpaired) electrons. The maximum absolute atomic E-state index is 5.77. The zero-order chi connectivity index (χ0) is 18.5. The van der Waals surface area contributed by atoms with Gasteiger partial charge in [0.15, 0.2) is 0 Å². The molecule has 3 rings (SSSR count). The number of fused-ring (bicyclic) bond motifs is 3. The third-order valence-corrected chi connectivity index (χ3v) is 3.99. The van der Waals surface area contributed by atoms with Crippen LogP contribution in [-0.4, -0.2) is 24.9 Å². The van der Waals surface area contributed by atoms with Crippen LogP contribution in [0.25, 0.3) is 11.1 Å². The molecule has 0 aromatic heterocycles. The first-order chi connectivity index (χ1) is 12.6. The summed E-state index contributed by atoms with van der Waals surface area (Å²) in [7, 11) is 0. The van der Waals surface area contributed by atoms with Gasteiger partial charge in [-0.3, -0.25) is 0 Å². The molecule has 1 aliphatic carbocycles. The summed E-state index contributed by atoms with van der Waals surface area (Å²) in [6.45, 7) is 5.49. The van der Waals surface area contributed by atoms with Gasteiger partial charge in [0.2, 0.25) is 5.96 Å². The number of nitrogens with two attached hydrogens (primary N) is 2. The Hall–Kier alpha value is -2.73. The fraction of sp³-hybridized carbons (Fsp3) is 0.300. The van der Waals surface area contributed by atoms with E-state index in [2.05, 4.69) is 24.1 Å². The van der Waals surface area contributed by atoms with Gasteiger partial charge in [-0.05, 0) is 60.4 Å². The van der Waals surface area contributed by atoms with Crippen molar-refractivity contribution in [2.24, 2.45) is 21.7 Å². The smallest absolute Gasteiger partial charge is 0.211 e. The number of rotatable bonds is 7. The molecular weight excluding hydrogens is 364 g/mol. The van der Waals surface area contributed by atoms with Gasteiger partial charge < -0.3 is 20.9 Å². The molecule has 0 amide bonds. The Morgan fingerprint density at radius 1 is 0.815 bits per heavy atom. The minimum absolute atomic E-state index is 0. The molecule has 2 aromatic rings. The minimum Gasteiger partial charge on any atom is -0.494 e. The molecule has 0 unspecified atom stereocenters. The molecule has 27 heavy (non-hydrogen) atoms. The molecule has 0 fully saturated rings. The van der Waals surface area contributed by atoms with Gasteiger partial charge in [0.05, 0.1) is 13.2 Å². The summed E-state index contributed by atoms with van der Waals surface area (Å²) in [5.74, 6) is 1.53. The van der Waals surface area contributed by atoms with Gasteiger partial charge in [-0.2, -0.15) is 0 Å². The second-order valence-electron chi connectivity index (χ2n) is 6.09. The standard InChI is InChI=1S/C20H24N4O2.ClH/c1-3-9-25-13-5-7-15-16-8-6-14(26-10-4-2)12-18(16)19(17(15)11-13)23-24-20(21)22;/h5-8,11-12H,3-4,9-10H2,1-2H3,(H4,21,22,24);1H. The number of halogens is 1. The molecule has 2 aromatic carbocycles. The summed E-state index contributed by atoms with van der Waals surface area (Å²) in [4.78, 5) is 0. The molecule has 6 nitrogen and oxygen atoms in total. The van der Waals surface area contributed by atoms with Crippen LogP contribution in [0.4, 0.5) is 0 Å². The highest BCUT2D eigenvalue weighted by molar-refractivity contribution is 6.24. The first kappa shape index (κ1) is 20.6. The Morgan fingerprint density at radius 2 is 1.30 bits per heavy atom. The van der Waals surface area contributed by atoms with Gasteiger partial charge in [0, 0.05) is 11.1 Å². The third kappa shape index (κ3) is 4.52. The average molecular weight is 389 g/mol. The highest BCUT2D eigenvalue weighted by Gasteiger charge is 2.26. The molecule has 1 aliphatic rings. The SMILES string of the molecule is CCCOc1ccc2c(c1)C(=NN=C(N)N)c1cc(OCCC)ccc1-2.Cl. The van der Waals surface area contributed by atoms with E-state index in [1.54, 1.807) is 0 Å². The monoisotopic (exact) mass is 388 g/mol.